The van der Waals surface area contributed by atoms with Gasteiger partial charge in [-0.15, -0.1) is 23.2 Å². The first-order valence-corrected chi connectivity index (χ1v) is 6.90. The van der Waals surface area contributed by atoms with Gasteiger partial charge in [0.05, 0.1) is 0 Å². The van der Waals surface area contributed by atoms with E-state index < -0.39 is 8.80 Å². The van der Waals surface area contributed by atoms with Gasteiger partial charge in [0.1, 0.15) is 0 Å². The maximum absolute atomic E-state index is 5.87. The van der Waals surface area contributed by atoms with Crippen molar-refractivity contribution in [3.05, 3.63) is 0 Å². The average molecular weight is 247 g/mol. The van der Waals surface area contributed by atoms with Gasteiger partial charge in [0.15, 0.2) is 0 Å². The van der Waals surface area contributed by atoms with Crippen LogP contribution in [-0.4, -0.2) is 41.4 Å². The van der Waals surface area contributed by atoms with Crippen LogP contribution in [0.25, 0.3) is 0 Å². The van der Waals surface area contributed by atoms with E-state index in [0.29, 0.717) is 11.9 Å². The largest absolute Gasteiger partial charge is 0.500 e. The molecule has 80 valence electrons. The normalized spacial score (nSPS) is 14.5. The summed E-state index contributed by atoms with van der Waals surface area (Å²) in [6, 6.07) is 0.692. The van der Waals surface area contributed by atoms with Crippen LogP contribution in [0.2, 0.25) is 6.04 Å². The molecule has 0 aliphatic rings. The minimum Gasteiger partial charge on any atom is -0.377 e. The first-order valence-electron chi connectivity index (χ1n) is 3.99. The second kappa shape index (κ2) is 7.03. The molecule has 1 atom stereocenters. The summed E-state index contributed by atoms with van der Waals surface area (Å²) >= 11 is 11.4. The molecule has 6 heteroatoms. The average Bonchev–Trinajstić information content (AvgIpc) is 2.20. The van der Waals surface area contributed by atoms with E-state index in [9.17, 15) is 0 Å². The Morgan fingerprint density at radius 3 is 1.92 bits per heavy atom. The first-order chi connectivity index (χ1) is 6.14. The molecule has 13 heavy (non-hydrogen) atoms. The van der Waals surface area contributed by atoms with Gasteiger partial charge >= 0.3 is 8.80 Å². The summed E-state index contributed by atoms with van der Waals surface area (Å²) in [6.07, 6.45) is 0.743. The van der Waals surface area contributed by atoms with Crippen molar-refractivity contribution in [2.75, 3.05) is 27.2 Å². The molecule has 0 aliphatic carbocycles. The fraction of sp³-hybridized carbons (Fsp3) is 1.00. The monoisotopic (exact) mass is 246 g/mol. The Morgan fingerprint density at radius 1 is 1.15 bits per heavy atom. The van der Waals surface area contributed by atoms with Gasteiger partial charge in [-0.05, 0) is 6.42 Å². The van der Waals surface area contributed by atoms with Crippen molar-refractivity contribution < 1.29 is 13.3 Å². The maximum atomic E-state index is 5.87. The van der Waals surface area contributed by atoms with Crippen LogP contribution in [-0.2, 0) is 13.3 Å². The second-order valence-corrected chi connectivity index (χ2v) is 6.60. The zero-order chi connectivity index (χ0) is 10.3. The number of halogens is 2. The Hall–Kier alpha value is 0.677. The van der Waals surface area contributed by atoms with Gasteiger partial charge in [0.2, 0.25) is 0 Å². The Labute approximate surface area is 90.6 Å². The minimum atomic E-state index is -2.44. The van der Waals surface area contributed by atoms with Crippen molar-refractivity contribution in [3.63, 3.8) is 0 Å². The van der Waals surface area contributed by atoms with E-state index in [4.69, 9.17) is 36.5 Å². The number of hydrogen-bond acceptors (Lipinski definition) is 3. The van der Waals surface area contributed by atoms with Crippen molar-refractivity contribution >= 4 is 32.0 Å². The van der Waals surface area contributed by atoms with E-state index in [1.54, 1.807) is 21.3 Å². The lowest BCUT2D eigenvalue weighted by Crippen LogP contribution is -2.43. The third kappa shape index (κ3) is 4.62. The highest BCUT2D eigenvalue weighted by Crippen LogP contribution is 2.19. The fourth-order valence-corrected chi connectivity index (χ4v) is 3.23. The summed E-state index contributed by atoms with van der Waals surface area (Å²) in [5, 5.41) is -0.0472. The first kappa shape index (κ1) is 13.7. The van der Waals surface area contributed by atoms with E-state index in [-0.39, 0.29) is 5.38 Å². The van der Waals surface area contributed by atoms with Gasteiger partial charge in [-0.1, -0.05) is 0 Å². The molecule has 0 saturated carbocycles. The highest BCUT2D eigenvalue weighted by molar-refractivity contribution is 6.60. The predicted molar refractivity (Wildman–Crippen MR) is 56.6 cm³/mol. The zero-order valence-electron chi connectivity index (χ0n) is 8.18. The highest BCUT2D eigenvalue weighted by atomic mass is 35.5. The molecule has 0 radical (unpaired) electrons. The van der Waals surface area contributed by atoms with Crippen LogP contribution in [0, 0.1) is 0 Å². The Bertz CT molecular complexity index is 125. The molecule has 0 rings (SSSR count). The highest BCUT2D eigenvalue weighted by Gasteiger charge is 2.37. The molecule has 0 aliphatic heterocycles. The van der Waals surface area contributed by atoms with Gasteiger partial charge in [0.25, 0.3) is 0 Å². The van der Waals surface area contributed by atoms with E-state index in [2.05, 4.69) is 0 Å². The molecular formula is C7H16Cl2O3Si. The van der Waals surface area contributed by atoms with Crippen molar-refractivity contribution in [3.8, 4) is 0 Å². The van der Waals surface area contributed by atoms with Gasteiger partial charge in [-0.2, -0.15) is 0 Å². The second-order valence-electron chi connectivity index (χ2n) is 2.59. The predicted octanol–water partition coefficient (Wildman–Crippen LogP) is 2.10. The van der Waals surface area contributed by atoms with E-state index in [1.165, 1.54) is 0 Å². The van der Waals surface area contributed by atoms with Crippen LogP contribution in [0.1, 0.15) is 6.42 Å². The van der Waals surface area contributed by atoms with Crippen LogP contribution in [0.5, 0.6) is 0 Å². The number of hydrogen-bond donors (Lipinski definition) is 0. The molecule has 0 aromatic carbocycles. The van der Waals surface area contributed by atoms with Gasteiger partial charge < -0.3 is 13.3 Å². The minimum absolute atomic E-state index is 0.0472. The molecule has 0 amide bonds. The molecule has 0 aromatic heterocycles. The van der Waals surface area contributed by atoms with E-state index >= 15 is 0 Å². The van der Waals surface area contributed by atoms with E-state index in [0.717, 1.165) is 6.42 Å². The Morgan fingerprint density at radius 2 is 1.62 bits per heavy atom. The van der Waals surface area contributed by atoms with Crippen molar-refractivity contribution in [2.24, 2.45) is 0 Å². The summed E-state index contributed by atoms with van der Waals surface area (Å²) in [6.45, 7) is 0. The van der Waals surface area contributed by atoms with Crippen LogP contribution in [0.15, 0.2) is 0 Å². The standard InChI is InChI=1S/C7H16Cl2O3Si/c1-10-13(11-2,12-3)5-4-7(9)6-8/h7H,4-6H2,1-3H3. The van der Waals surface area contributed by atoms with Crippen molar-refractivity contribution in [1.29, 1.82) is 0 Å². The molecule has 0 fully saturated rings. The lowest BCUT2D eigenvalue weighted by atomic mass is 10.4. The molecular weight excluding hydrogens is 231 g/mol. The fourth-order valence-electron chi connectivity index (χ4n) is 0.967. The molecule has 3 nitrogen and oxygen atoms in total. The zero-order valence-corrected chi connectivity index (χ0v) is 10.7. The summed E-state index contributed by atoms with van der Waals surface area (Å²) < 4.78 is 15.7. The third-order valence-corrected chi connectivity index (χ3v) is 5.53. The lowest BCUT2D eigenvalue weighted by Gasteiger charge is -2.24. The number of alkyl halides is 2. The molecule has 0 heterocycles. The van der Waals surface area contributed by atoms with Crippen molar-refractivity contribution in [1.82, 2.24) is 0 Å². The topological polar surface area (TPSA) is 27.7 Å². The lowest BCUT2D eigenvalue weighted by molar-refractivity contribution is 0.123. The summed E-state index contributed by atoms with van der Waals surface area (Å²) in [5.41, 5.74) is 0. The molecule has 0 bridgehead atoms. The van der Waals surface area contributed by atoms with Crippen molar-refractivity contribution in [2.45, 2.75) is 17.8 Å². The third-order valence-electron chi connectivity index (χ3n) is 1.86. The van der Waals surface area contributed by atoms with Gasteiger partial charge in [0, 0.05) is 38.6 Å². The summed E-state index contributed by atoms with van der Waals surface area (Å²) in [5.74, 6) is 0.434. The SMILES string of the molecule is CO[Si](CCC(Cl)CCl)(OC)OC. The Balaban J connectivity index is 3.95. The van der Waals surface area contributed by atoms with E-state index in [1.807, 2.05) is 0 Å². The van der Waals surface area contributed by atoms with Crippen LogP contribution in [0.4, 0.5) is 0 Å². The number of rotatable bonds is 7. The summed E-state index contributed by atoms with van der Waals surface area (Å²) in [7, 11) is 2.32. The van der Waals surface area contributed by atoms with Crippen LogP contribution < -0.4 is 0 Å². The van der Waals surface area contributed by atoms with Crippen LogP contribution in [0.3, 0.4) is 0 Å². The summed E-state index contributed by atoms with van der Waals surface area (Å²) in [4.78, 5) is 0. The van der Waals surface area contributed by atoms with Gasteiger partial charge in [-0.25, -0.2) is 0 Å². The van der Waals surface area contributed by atoms with Gasteiger partial charge in [-0.3, -0.25) is 0 Å². The quantitative estimate of drug-likeness (QED) is 0.509. The maximum Gasteiger partial charge on any atom is 0.500 e. The molecule has 0 spiro atoms. The molecule has 0 aromatic rings. The molecule has 1 unspecified atom stereocenters. The molecule has 0 N–H and O–H groups in total. The van der Waals surface area contributed by atoms with Crippen LogP contribution >= 0.6 is 23.2 Å². The molecule has 0 saturated heterocycles. The Kier molecular flexibility index (Phi) is 7.40. The smallest absolute Gasteiger partial charge is 0.377 e.